The predicted octanol–water partition coefficient (Wildman–Crippen LogP) is 4.67. The van der Waals surface area contributed by atoms with Crippen LogP contribution >= 0.6 is 23.1 Å². The van der Waals surface area contributed by atoms with Crippen molar-refractivity contribution in [3.05, 3.63) is 76.6 Å². The Hall–Kier alpha value is -3.17. The van der Waals surface area contributed by atoms with Gasteiger partial charge in [0.1, 0.15) is 11.6 Å². The van der Waals surface area contributed by atoms with E-state index in [1.165, 1.54) is 23.1 Å². The van der Waals surface area contributed by atoms with E-state index in [0.717, 1.165) is 33.4 Å². The van der Waals surface area contributed by atoms with Gasteiger partial charge in [-0.2, -0.15) is 0 Å². The molecule has 0 aliphatic carbocycles. The Labute approximate surface area is 194 Å². The average molecular weight is 466 g/mol. The molecule has 0 saturated carbocycles. The Bertz CT molecular complexity index is 1180. The lowest BCUT2D eigenvalue weighted by molar-refractivity contribution is -0.113. The fraction of sp³-hybridized carbons (Fsp3) is 0.217. The fourth-order valence-electron chi connectivity index (χ4n) is 3.08. The van der Waals surface area contributed by atoms with E-state index < -0.39 is 0 Å². The van der Waals surface area contributed by atoms with Crippen LogP contribution in [0.4, 0.5) is 5.13 Å². The van der Waals surface area contributed by atoms with E-state index in [1.54, 1.807) is 7.11 Å². The summed E-state index contributed by atoms with van der Waals surface area (Å²) in [7, 11) is 1.65. The number of para-hydroxylation sites is 1. The zero-order valence-electron chi connectivity index (χ0n) is 18.0. The highest BCUT2D eigenvalue weighted by atomic mass is 32.2. The number of methoxy groups -OCH3 is 1. The average Bonchev–Trinajstić information content (AvgIpc) is 3.35. The van der Waals surface area contributed by atoms with Gasteiger partial charge in [0.2, 0.25) is 5.91 Å². The number of thiazole rings is 1. The molecule has 4 rings (SSSR count). The highest BCUT2D eigenvalue weighted by molar-refractivity contribution is 7.99. The Morgan fingerprint density at radius 1 is 1.09 bits per heavy atom. The molecule has 9 heteroatoms. The number of aryl methyl sites for hydroxylation is 2. The Kier molecular flexibility index (Phi) is 6.87. The number of rotatable bonds is 8. The molecule has 1 N–H and O–H groups in total. The first-order valence-electron chi connectivity index (χ1n) is 10.0. The number of carbonyl (C=O) groups is 1. The van der Waals surface area contributed by atoms with Gasteiger partial charge >= 0.3 is 0 Å². The number of benzene rings is 2. The second-order valence-corrected chi connectivity index (χ2v) is 9.24. The Morgan fingerprint density at radius 3 is 2.50 bits per heavy atom. The molecule has 0 atom stereocenters. The van der Waals surface area contributed by atoms with Crippen LogP contribution in [0.25, 0.3) is 5.69 Å². The molecule has 32 heavy (non-hydrogen) atoms. The molecule has 164 valence electrons. The van der Waals surface area contributed by atoms with Crippen LogP contribution < -0.4 is 10.1 Å². The molecule has 0 spiro atoms. The first-order chi connectivity index (χ1) is 15.5. The van der Waals surface area contributed by atoms with Crippen molar-refractivity contribution in [3.8, 4) is 11.4 Å². The van der Waals surface area contributed by atoms with Crippen molar-refractivity contribution in [2.45, 2.75) is 25.4 Å². The quantitative estimate of drug-likeness (QED) is 0.381. The number of carbonyl (C=O) groups excluding carboxylic acids is 1. The molecule has 0 fully saturated rings. The number of nitrogens with one attached hydrogen (secondary N) is 1. The molecule has 0 bridgehead atoms. The van der Waals surface area contributed by atoms with Crippen LogP contribution in [0.5, 0.6) is 5.75 Å². The first-order valence-corrected chi connectivity index (χ1v) is 11.8. The van der Waals surface area contributed by atoms with Crippen molar-refractivity contribution in [2.75, 3.05) is 18.2 Å². The first kappa shape index (κ1) is 22.0. The molecular formula is C23H23N5O2S2. The Morgan fingerprint density at radius 2 is 1.84 bits per heavy atom. The van der Waals surface area contributed by atoms with Crippen LogP contribution in [-0.4, -0.2) is 38.5 Å². The number of hydrogen-bond donors (Lipinski definition) is 1. The van der Waals surface area contributed by atoms with Crippen LogP contribution in [-0.2, 0) is 11.2 Å². The van der Waals surface area contributed by atoms with Gasteiger partial charge in [0.05, 0.1) is 18.6 Å². The van der Waals surface area contributed by atoms with Crippen molar-refractivity contribution >= 4 is 34.1 Å². The summed E-state index contributed by atoms with van der Waals surface area (Å²) in [4.78, 5) is 17.9. The molecular weight excluding hydrogens is 442 g/mol. The molecule has 0 aliphatic heterocycles. The molecule has 4 aromatic rings. The molecule has 7 nitrogen and oxygen atoms in total. The smallest absolute Gasteiger partial charge is 0.236 e. The summed E-state index contributed by atoms with van der Waals surface area (Å²) < 4.78 is 7.24. The van der Waals surface area contributed by atoms with E-state index in [9.17, 15) is 4.79 Å². The van der Waals surface area contributed by atoms with Gasteiger partial charge in [-0.15, -0.1) is 21.5 Å². The number of thioether (sulfide) groups is 1. The minimum atomic E-state index is -0.122. The van der Waals surface area contributed by atoms with Crippen LogP contribution in [0.15, 0.2) is 59.8 Å². The van der Waals surface area contributed by atoms with Gasteiger partial charge in [-0.3, -0.25) is 9.36 Å². The number of hydrogen-bond acceptors (Lipinski definition) is 7. The van der Waals surface area contributed by atoms with E-state index >= 15 is 0 Å². The Balaban J connectivity index is 1.52. The maximum absolute atomic E-state index is 12.5. The van der Waals surface area contributed by atoms with Crippen LogP contribution in [0.3, 0.4) is 0 Å². The molecule has 1 amide bonds. The van der Waals surface area contributed by atoms with E-state index in [1.807, 2.05) is 73.0 Å². The largest absolute Gasteiger partial charge is 0.497 e. The van der Waals surface area contributed by atoms with E-state index in [0.29, 0.717) is 16.7 Å². The second-order valence-electron chi connectivity index (χ2n) is 7.09. The summed E-state index contributed by atoms with van der Waals surface area (Å²) in [6, 6.07) is 17.8. The maximum atomic E-state index is 12.5. The third-order valence-corrected chi connectivity index (χ3v) is 6.76. The third kappa shape index (κ3) is 5.17. The number of anilines is 1. The van der Waals surface area contributed by atoms with Crippen LogP contribution in [0.1, 0.15) is 22.0 Å². The van der Waals surface area contributed by atoms with Gasteiger partial charge in [-0.25, -0.2) is 4.98 Å². The standard InChI is InChI=1S/C23H23N5O2S2/c1-15-16(2)32-22(24-15)25-21(29)14-31-23-27-26-20(28(23)18-7-5-4-6-8-18)13-17-9-11-19(30-3)12-10-17/h4-12H,13-14H2,1-3H3,(H,24,25,29). The summed E-state index contributed by atoms with van der Waals surface area (Å²) >= 11 is 2.83. The molecule has 2 aromatic heterocycles. The number of nitrogens with zero attached hydrogens (tertiary/aromatic N) is 4. The van der Waals surface area contributed by atoms with Gasteiger partial charge in [-0.05, 0) is 43.7 Å². The third-order valence-electron chi connectivity index (χ3n) is 4.84. The van der Waals surface area contributed by atoms with Crippen molar-refractivity contribution in [1.82, 2.24) is 19.7 Å². The number of aromatic nitrogens is 4. The summed E-state index contributed by atoms with van der Waals surface area (Å²) in [6.45, 7) is 3.92. The molecule has 0 saturated heterocycles. The summed E-state index contributed by atoms with van der Waals surface area (Å²) in [5.74, 6) is 1.70. The monoisotopic (exact) mass is 465 g/mol. The van der Waals surface area contributed by atoms with Crippen molar-refractivity contribution in [2.24, 2.45) is 0 Å². The molecule has 0 aliphatic rings. The summed E-state index contributed by atoms with van der Waals surface area (Å²) in [5.41, 5.74) is 2.99. The predicted molar refractivity (Wildman–Crippen MR) is 128 cm³/mol. The number of amides is 1. The lowest BCUT2D eigenvalue weighted by Gasteiger charge is -2.10. The highest BCUT2D eigenvalue weighted by Gasteiger charge is 2.17. The van der Waals surface area contributed by atoms with Gasteiger partial charge in [0.15, 0.2) is 10.3 Å². The zero-order chi connectivity index (χ0) is 22.5. The normalized spacial score (nSPS) is 10.8. The van der Waals surface area contributed by atoms with Crippen molar-refractivity contribution in [1.29, 1.82) is 0 Å². The van der Waals surface area contributed by atoms with Crippen molar-refractivity contribution < 1.29 is 9.53 Å². The summed E-state index contributed by atoms with van der Waals surface area (Å²) in [6.07, 6.45) is 0.607. The minimum absolute atomic E-state index is 0.122. The van der Waals surface area contributed by atoms with E-state index in [4.69, 9.17) is 4.74 Å². The topological polar surface area (TPSA) is 81.9 Å². The fourth-order valence-corrected chi connectivity index (χ4v) is 4.68. The molecule has 0 unspecified atom stereocenters. The van der Waals surface area contributed by atoms with Crippen molar-refractivity contribution in [3.63, 3.8) is 0 Å². The molecule has 0 radical (unpaired) electrons. The molecule has 2 heterocycles. The van der Waals surface area contributed by atoms with Gasteiger partial charge in [0.25, 0.3) is 0 Å². The van der Waals surface area contributed by atoms with Crippen LogP contribution in [0, 0.1) is 13.8 Å². The van der Waals surface area contributed by atoms with E-state index in [-0.39, 0.29) is 11.7 Å². The van der Waals surface area contributed by atoms with Gasteiger partial charge in [-0.1, -0.05) is 42.1 Å². The molecule has 2 aromatic carbocycles. The SMILES string of the molecule is COc1ccc(Cc2nnc(SCC(=O)Nc3nc(C)c(C)s3)n2-c2ccccc2)cc1. The van der Waals surface area contributed by atoms with Gasteiger partial charge in [0, 0.05) is 17.0 Å². The zero-order valence-corrected chi connectivity index (χ0v) is 19.7. The van der Waals surface area contributed by atoms with Crippen LogP contribution in [0.2, 0.25) is 0 Å². The minimum Gasteiger partial charge on any atom is -0.497 e. The summed E-state index contributed by atoms with van der Waals surface area (Å²) in [5, 5.41) is 13.0. The van der Waals surface area contributed by atoms with Gasteiger partial charge < -0.3 is 10.1 Å². The maximum Gasteiger partial charge on any atom is 0.236 e. The van der Waals surface area contributed by atoms with E-state index in [2.05, 4.69) is 20.5 Å². The second kappa shape index (κ2) is 9.97. The lowest BCUT2D eigenvalue weighted by Crippen LogP contribution is -2.14. The number of ether oxygens (including phenoxy) is 1. The highest BCUT2D eigenvalue weighted by Crippen LogP contribution is 2.25. The lowest BCUT2D eigenvalue weighted by atomic mass is 10.1.